The molecule has 0 rings (SSSR count). The summed E-state index contributed by atoms with van der Waals surface area (Å²) in [7, 11) is 0. The molecule has 0 aromatic rings. The predicted octanol–water partition coefficient (Wildman–Crippen LogP) is 2.10. The normalized spacial score (nSPS) is 18.2. The number of hydrogen-bond donors (Lipinski definition) is 1. The van der Waals surface area contributed by atoms with Crippen LogP contribution in [-0.4, -0.2) is 6.04 Å². The fourth-order valence-electron chi connectivity index (χ4n) is 0.870. The SMILES string of the molecule is C=C/C(=C\C)C(C)C(C)N. The number of hydrogen-bond acceptors (Lipinski definition) is 1. The summed E-state index contributed by atoms with van der Waals surface area (Å²) in [5, 5.41) is 0. The molecule has 0 aromatic carbocycles. The van der Waals surface area contributed by atoms with Crippen molar-refractivity contribution in [2.75, 3.05) is 0 Å². The van der Waals surface area contributed by atoms with Crippen molar-refractivity contribution in [3.8, 4) is 0 Å². The van der Waals surface area contributed by atoms with Gasteiger partial charge in [-0.1, -0.05) is 25.7 Å². The van der Waals surface area contributed by atoms with Gasteiger partial charge in [-0.2, -0.15) is 0 Å². The van der Waals surface area contributed by atoms with Gasteiger partial charge in [0.2, 0.25) is 0 Å². The molecule has 0 saturated carbocycles. The Morgan fingerprint density at radius 2 is 2.00 bits per heavy atom. The Balaban J connectivity index is 4.16. The van der Waals surface area contributed by atoms with Crippen LogP contribution >= 0.6 is 0 Å². The van der Waals surface area contributed by atoms with Crippen molar-refractivity contribution in [2.45, 2.75) is 26.8 Å². The molecular weight excluding hydrogens is 122 g/mol. The van der Waals surface area contributed by atoms with Crippen molar-refractivity contribution in [1.82, 2.24) is 0 Å². The third-order valence-electron chi connectivity index (χ3n) is 1.88. The fourth-order valence-corrected chi connectivity index (χ4v) is 0.870. The molecule has 0 radical (unpaired) electrons. The first-order valence-corrected chi connectivity index (χ1v) is 3.67. The van der Waals surface area contributed by atoms with E-state index in [1.807, 2.05) is 19.9 Å². The third-order valence-corrected chi connectivity index (χ3v) is 1.88. The Bertz CT molecular complexity index is 134. The molecule has 0 aliphatic rings. The summed E-state index contributed by atoms with van der Waals surface area (Å²) < 4.78 is 0. The Hall–Kier alpha value is -0.560. The highest BCUT2D eigenvalue weighted by atomic mass is 14.6. The molecule has 0 saturated heterocycles. The summed E-state index contributed by atoms with van der Waals surface area (Å²) in [5.74, 6) is 0.419. The lowest BCUT2D eigenvalue weighted by atomic mass is 9.95. The fraction of sp³-hybridized carbons (Fsp3) is 0.556. The summed E-state index contributed by atoms with van der Waals surface area (Å²) in [5.41, 5.74) is 6.93. The lowest BCUT2D eigenvalue weighted by Gasteiger charge is -2.15. The maximum absolute atomic E-state index is 5.70. The van der Waals surface area contributed by atoms with Crippen LogP contribution in [0.3, 0.4) is 0 Å². The zero-order chi connectivity index (χ0) is 8.15. The second-order valence-electron chi connectivity index (χ2n) is 2.64. The van der Waals surface area contributed by atoms with Gasteiger partial charge in [0.1, 0.15) is 0 Å². The third kappa shape index (κ3) is 2.36. The molecule has 10 heavy (non-hydrogen) atoms. The van der Waals surface area contributed by atoms with Crippen LogP contribution in [0.4, 0.5) is 0 Å². The Labute approximate surface area is 63.6 Å². The lowest BCUT2D eigenvalue weighted by molar-refractivity contribution is 0.562. The summed E-state index contributed by atoms with van der Waals surface area (Å²) in [6.07, 6.45) is 3.93. The first-order valence-electron chi connectivity index (χ1n) is 3.67. The average molecular weight is 139 g/mol. The molecule has 0 aromatic heterocycles. The quantitative estimate of drug-likeness (QED) is 0.595. The Morgan fingerprint density at radius 3 is 2.10 bits per heavy atom. The van der Waals surface area contributed by atoms with E-state index < -0.39 is 0 Å². The zero-order valence-electron chi connectivity index (χ0n) is 7.09. The number of nitrogens with two attached hydrogens (primary N) is 1. The van der Waals surface area contributed by atoms with Gasteiger partial charge in [0.05, 0.1) is 0 Å². The monoisotopic (exact) mass is 139 g/mol. The summed E-state index contributed by atoms with van der Waals surface area (Å²) in [6.45, 7) is 9.85. The summed E-state index contributed by atoms with van der Waals surface area (Å²) in [4.78, 5) is 0. The largest absolute Gasteiger partial charge is 0.327 e. The van der Waals surface area contributed by atoms with E-state index in [9.17, 15) is 0 Å². The molecule has 0 bridgehead atoms. The maximum atomic E-state index is 5.70. The van der Waals surface area contributed by atoms with Crippen LogP contribution in [0, 0.1) is 5.92 Å². The van der Waals surface area contributed by atoms with E-state index in [0.717, 1.165) is 0 Å². The van der Waals surface area contributed by atoms with E-state index in [1.165, 1.54) is 5.57 Å². The van der Waals surface area contributed by atoms with E-state index in [2.05, 4.69) is 19.6 Å². The van der Waals surface area contributed by atoms with Gasteiger partial charge >= 0.3 is 0 Å². The van der Waals surface area contributed by atoms with E-state index in [-0.39, 0.29) is 6.04 Å². The van der Waals surface area contributed by atoms with Gasteiger partial charge in [0.25, 0.3) is 0 Å². The van der Waals surface area contributed by atoms with Gasteiger partial charge in [0.15, 0.2) is 0 Å². The van der Waals surface area contributed by atoms with Crippen LogP contribution in [0.15, 0.2) is 24.3 Å². The average Bonchev–Trinajstić information content (AvgIpc) is 1.90. The minimum absolute atomic E-state index is 0.212. The van der Waals surface area contributed by atoms with E-state index >= 15 is 0 Å². The Morgan fingerprint density at radius 1 is 1.50 bits per heavy atom. The molecule has 1 heteroatoms. The lowest BCUT2D eigenvalue weighted by Crippen LogP contribution is -2.25. The highest BCUT2D eigenvalue weighted by Crippen LogP contribution is 2.13. The molecule has 0 amide bonds. The topological polar surface area (TPSA) is 26.0 Å². The second kappa shape index (κ2) is 4.29. The van der Waals surface area contributed by atoms with Crippen molar-refractivity contribution in [1.29, 1.82) is 0 Å². The number of allylic oxidation sites excluding steroid dienone is 2. The van der Waals surface area contributed by atoms with Crippen molar-refractivity contribution in [2.24, 2.45) is 11.7 Å². The van der Waals surface area contributed by atoms with Gasteiger partial charge < -0.3 is 5.73 Å². The minimum atomic E-state index is 0.212. The van der Waals surface area contributed by atoms with Crippen molar-refractivity contribution >= 4 is 0 Å². The predicted molar refractivity (Wildman–Crippen MR) is 46.8 cm³/mol. The molecule has 2 N–H and O–H groups in total. The highest BCUT2D eigenvalue weighted by Gasteiger charge is 2.08. The molecule has 0 heterocycles. The molecule has 0 fully saturated rings. The van der Waals surface area contributed by atoms with E-state index in [0.29, 0.717) is 5.92 Å². The smallest absolute Gasteiger partial charge is 0.00765 e. The molecule has 58 valence electrons. The summed E-state index contributed by atoms with van der Waals surface area (Å²) in [6, 6.07) is 0.212. The molecule has 0 aliphatic carbocycles. The molecule has 0 aliphatic heterocycles. The molecule has 2 unspecified atom stereocenters. The molecular formula is C9H17N. The van der Waals surface area contributed by atoms with Crippen molar-refractivity contribution in [3.05, 3.63) is 24.3 Å². The van der Waals surface area contributed by atoms with Crippen LogP contribution in [0.25, 0.3) is 0 Å². The first kappa shape index (κ1) is 9.44. The van der Waals surface area contributed by atoms with Crippen molar-refractivity contribution < 1.29 is 0 Å². The van der Waals surface area contributed by atoms with Crippen LogP contribution < -0.4 is 5.73 Å². The first-order chi connectivity index (χ1) is 4.63. The maximum Gasteiger partial charge on any atom is 0.00765 e. The van der Waals surface area contributed by atoms with Crippen LogP contribution in [-0.2, 0) is 0 Å². The second-order valence-corrected chi connectivity index (χ2v) is 2.64. The van der Waals surface area contributed by atoms with Gasteiger partial charge in [-0.05, 0) is 25.3 Å². The molecule has 0 spiro atoms. The Kier molecular flexibility index (Phi) is 4.05. The highest BCUT2D eigenvalue weighted by molar-refractivity contribution is 5.19. The van der Waals surface area contributed by atoms with Crippen molar-refractivity contribution in [3.63, 3.8) is 0 Å². The van der Waals surface area contributed by atoms with Crippen LogP contribution in [0.2, 0.25) is 0 Å². The van der Waals surface area contributed by atoms with Crippen LogP contribution in [0.1, 0.15) is 20.8 Å². The van der Waals surface area contributed by atoms with Gasteiger partial charge in [-0.3, -0.25) is 0 Å². The summed E-state index contributed by atoms with van der Waals surface area (Å²) >= 11 is 0. The minimum Gasteiger partial charge on any atom is -0.327 e. The standard InChI is InChI=1S/C9H17N/c1-5-9(6-2)7(3)8(4)10/h5-8H,1,10H2,2-4H3/b9-6+. The zero-order valence-corrected chi connectivity index (χ0v) is 7.09. The molecule has 2 atom stereocenters. The van der Waals surface area contributed by atoms with Gasteiger partial charge in [-0.25, -0.2) is 0 Å². The molecule has 1 nitrogen and oxygen atoms in total. The van der Waals surface area contributed by atoms with Gasteiger partial charge in [-0.15, -0.1) is 0 Å². The number of rotatable bonds is 3. The van der Waals surface area contributed by atoms with E-state index in [1.54, 1.807) is 0 Å². The van der Waals surface area contributed by atoms with Gasteiger partial charge in [0, 0.05) is 6.04 Å². The van der Waals surface area contributed by atoms with Crippen LogP contribution in [0.5, 0.6) is 0 Å². The van der Waals surface area contributed by atoms with E-state index in [4.69, 9.17) is 5.73 Å².